The van der Waals surface area contributed by atoms with Crippen molar-refractivity contribution in [2.75, 3.05) is 13.1 Å². The average Bonchev–Trinajstić information content (AvgIpc) is 2.92. The van der Waals surface area contributed by atoms with Crippen LogP contribution in [-0.4, -0.2) is 52.5 Å². The van der Waals surface area contributed by atoms with Gasteiger partial charge in [-0.3, -0.25) is 19.3 Å². The summed E-state index contributed by atoms with van der Waals surface area (Å²) in [6.45, 7) is 4.87. The molecule has 0 radical (unpaired) electrons. The number of aromatic hydroxyl groups is 1. The Kier molecular flexibility index (Phi) is 7.28. The van der Waals surface area contributed by atoms with E-state index >= 15 is 0 Å². The van der Waals surface area contributed by atoms with Gasteiger partial charge in [0.2, 0.25) is 0 Å². The third-order valence-electron chi connectivity index (χ3n) is 4.57. The molecule has 0 bridgehead atoms. The van der Waals surface area contributed by atoms with Crippen LogP contribution in [0.2, 0.25) is 0 Å². The van der Waals surface area contributed by atoms with Crippen LogP contribution in [0.4, 0.5) is 0 Å². The summed E-state index contributed by atoms with van der Waals surface area (Å²) < 4.78 is 0. The van der Waals surface area contributed by atoms with Gasteiger partial charge in [0.1, 0.15) is 5.75 Å². The lowest BCUT2D eigenvalue weighted by atomic mass is 10.0. The molecular weight excluding hydrogens is 360 g/mol. The fraction of sp³-hybridized carbons (Fsp3) is 0.286. The highest BCUT2D eigenvalue weighted by molar-refractivity contribution is 6.21. The topological polar surface area (TPSA) is 107 Å². The quantitative estimate of drug-likeness (QED) is 0.522. The van der Waals surface area contributed by atoms with E-state index in [4.69, 9.17) is 9.90 Å². The lowest BCUT2D eigenvalue weighted by Crippen LogP contribution is -2.43. The Labute approximate surface area is 163 Å². The fourth-order valence-electron chi connectivity index (χ4n) is 3.04. The molecule has 0 aliphatic carbocycles. The number of amides is 2. The number of phenols is 1. The number of nitrogens with one attached hydrogen (secondary N) is 1. The molecule has 0 fully saturated rings. The zero-order valence-electron chi connectivity index (χ0n) is 15.8. The van der Waals surface area contributed by atoms with Crippen LogP contribution in [0, 0.1) is 0 Å². The Morgan fingerprint density at radius 2 is 1.50 bits per heavy atom. The number of imide groups is 1. The van der Waals surface area contributed by atoms with Crippen LogP contribution >= 0.6 is 0 Å². The van der Waals surface area contributed by atoms with Gasteiger partial charge in [0.05, 0.1) is 11.1 Å². The Balaban J connectivity index is 0.000000878. The van der Waals surface area contributed by atoms with Crippen LogP contribution in [0.1, 0.15) is 46.0 Å². The van der Waals surface area contributed by atoms with Gasteiger partial charge in [-0.15, -0.1) is 0 Å². The normalized spacial score (nSPS) is 14.7. The van der Waals surface area contributed by atoms with Crippen molar-refractivity contribution in [3.8, 4) is 5.75 Å². The maximum absolute atomic E-state index is 12.4. The first-order chi connectivity index (χ1) is 13.4. The SMILES string of the molecule is C[C@H](CN1C(=O)c2ccccc2C1=O)NC[C@@H](C)c1ccc(O)cc1.O=CO. The molecule has 2 aromatic rings. The molecule has 0 saturated heterocycles. The molecule has 3 N–H and O–H groups in total. The summed E-state index contributed by atoms with van der Waals surface area (Å²) in [4.78, 5) is 34.4. The highest BCUT2D eigenvalue weighted by Gasteiger charge is 2.35. The number of carboxylic acid groups (broad SMARTS) is 1. The van der Waals surface area contributed by atoms with Gasteiger partial charge < -0.3 is 15.5 Å². The number of rotatable bonds is 6. The summed E-state index contributed by atoms with van der Waals surface area (Å²) in [6.07, 6.45) is 0. The van der Waals surface area contributed by atoms with Gasteiger partial charge >= 0.3 is 0 Å². The second kappa shape index (κ2) is 9.66. The number of phenolic OH excluding ortho intramolecular Hbond substituents is 1. The molecular formula is C21H24N2O5. The zero-order chi connectivity index (χ0) is 20.7. The number of fused-ring (bicyclic) bond motifs is 1. The summed E-state index contributed by atoms with van der Waals surface area (Å²) >= 11 is 0. The van der Waals surface area contributed by atoms with Gasteiger partial charge in [-0.05, 0) is 42.7 Å². The number of hydrogen-bond acceptors (Lipinski definition) is 5. The fourth-order valence-corrected chi connectivity index (χ4v) is 3.04. The van der Waals surface area contributed by atoms with Crippen LogP contribution in [0.15, 0.2) is 48.5 Å². The molecule has 7 nitrogen and oxygen atoms in total. The van der Waals surface area contributed by atoms with Gasteiger partial charge in [0.25, 0.3) is 18.3 Å². The number of carbonyl (C=O) groups excluding carboxylic acids is 2. The van der Waals surface area contributed by atoms with Crippen LogP contribution in [0.3, 0.4) is 0 Å². The van der Waals surface area contributed by atoms with Crippen molar-refractivity contribution in [3.63, 3.8) is 0 Å². The van der Waals surface area contributed by atoms with Crippen molar-refractivity contribution in [2.24, 2.45) is 0 Å². The third-order valence-corrected chi connectivity index (χ3v) is 4.57. The molecule has 1 aliphatic rings. The number of benzene rings is 2. The maximum atomic E-state index is 12.4. The van der Waals surface area contributed by atoms with E-state index in [2.05, 4.69) is 12.2 Å². The smallest absolute Gasteiger partial charge is 0.290 e. The second-order valence-corrected chi connectivity index (χ2v) is 6.67. The first-order valence-corrected chi connectivity index (χ1v) is 8.94. The van der Waals surface area contributed by atoms with E-state index in [-0.39, 0.29) is 36.0 Å². The number of carbonyl (C=O) groups is 3. The Hall–Kier alpha value is -3.19. The summed E-state index contributed by atoms with van der Waals surface area (Å²) in [6, 6.07) is 14.1. The number of nitrogens with zero attached hydrogens (tertiary/aromatic N) is 1. The molecule has 0 aromatic heterocycles. The highest BCUT2D eigenvalue weighted by Crippen LogP contribution is 2.22. The van der Waals surface area contributed by atoms with Gasteiger partial charge in [-0.2, -0.15) is 0 Å². The molecule has 7 heteroatoms. The van der Waals surface area contributed by atoms with E-state index in [1.807, 2.05) is 19.1 Å². The van der Waals surface area contributed by atoms with Crippen molar-refractivity contribution in [2.45, 2.75) is 25.8 Å². The minimum atomic E-state index is -0.250. The zero-order valence-corrected chi connectivity index (χ0v) is 15.8. The Morgan fingerprint density at radius 3 is 2.00 bits per heavy atom. The van der Waals surface area contributed by atoms with Crippen LogP contribution < -0.4 is 5.32 Å². The predicted molar refractivity (Wildman–Crippen MR) is 104 cm³/mol. The van der Waals surface area contributed by atoms with Crippen molar-refractivity contribution >= 4 is 18.3 Å². The van der Waals surface area contributed by atoms with Crippen molar-refractivity contribution in [3.05, 3.63) is 65.2 Å². The van der Waals surface area contributed by atoms with Crippen LogP contribution in [-0.2, 0) is 4.79 Å². The molecule has 0 unspecified atom stereocenters. The molecule has 2 aromatic carbocycles. The van der Waals surface area contributed by atoms with Crippen molar-refractivity contribution in [1.82, 2.24) is 10.2 Å². The summed E-state index contributed by atoms with van der Waals surface area (Å²) in [7, 11) is 0. The van der Waals surface area contributed by atoms with E-state index in [0.717, 1.165) is 12.1 Å². The van der Waals surface area contributed by atoms with Gasteiger partial charge in [-0.1, -0.05) is 31.2 Å². The van der Waals surface area contributed by atoms with Crippen molar-refractivity contribution < 1.29 is 24.6 Å². The lowest BCUT2D eigenvalue weighted by molar-refractivity contribution is -0.122. The standard InChI is InChI=1S/C20H22N2O3.CH2O2/c1-13(15-7-9-16(23)10-8-15)11-21-14(2)12-22-19(24)17-5-3-4-6-18(17)20(22)25;2-1-3/h3-10,13-14,21,23H,11-12H2,1-2H3;1H,(H,2,3)/t13-,14-;/m1./s1. The maximum Gasteiger partial charge on any atom is 0.290 e. The van der Waals surface area contributed by atoms with E-state index in [1.54, 1.807) is 36.4 Å². The first kappa shape index (κ1) is 21.1. The van der Waals surface area contributed by atoms with E-state index in [0.29, 0.717) is 17.7 Å². The number of hydrogen-bond donors (Lipinski definition) is 3. The highest BCUT2D eigenvalue weighted by atomic mass is 16.3. The molecule has 2 amide bonds. The molecule has 2 atom stereocenters. The van der Waals surface area contributed by atoms with Gasteiger partial charge in [0.15, 0.2) is 0 Å². The molecule has 1 heterocycles. The van der Waals surface area contributed by atoms with Crippen molar-refractivity contribution in [1.29, 1.82) is 0 Å². The summed E-state index contributed by atoms with van der Waals surface area (Å²) in [5.74, 6) is 0.0646. The predicted octanol–water partition coefficient (Wildman–Crippen LogP) is 2.47. The largest absolute Gasteiger partial charge is 0.508 e. The van der Waals surface area contributed by atoms with Gasteiger partial charge in [-0.25, -0.2) is 0 Å². The molecule has 3 rings (SSSR count). The van der Waals surface area contributed by atoms with Crippen LogP contribution in [0.25, 0.3) is 0 Å². The molecule has 0 spiro atoms. The van der Waals surface area contributed by atoms with E-state index in [9.17, 15) is 14.7 Å². The van der Waals surface area contributed by atoms with Crippen LogP contribution in [0.5, 0.6) is 5.75 Å². The molecule has 148 valence electrons. The summed E-state index contributed by atoms with van der Waals surface area (Å²) in [5, 5.41) is 19.6. The minimum absolute atomic E-state index is 0.0122. The van der Waals surface area contributed by atoms with E-state index in [1.165, 1.54) is 4.90 Å². The minimum Gasteiger partial charge on any atom is -0.508 e. The average molecular weight is 384 g/mol. The lowest BCUT2D eigenvalue weighted by Gasteiger charge is -2.22. The van der Waals surface area contributed by atoms with Gasteiger partial charge in [0, 0.05) is 19.1 Å². The molecule has 1 aliphatic heterocycles. The monoisotopic (exact) mass is 384 g/mol. The summed E-state index contributed by atoms with van der Waals surface area (Å²) in [5.41, 5.74) is 2.09. The molecule has 0 saturated carbocycles. The third kappa shape index (κ3) is 4.95. The molecule has 28 heavy (non-hydrogen) atoms. The second-order valence-electron chi connectivity index (χ2n) is 6.67. The Bertz CT molecular complexity index is 800. The first-order valence-electron chi connectivity index (χ1n) is 8.94. The Morgan fingerprint density at radius 1 is 1.00 bits per heavy atom. The van der Waals surface area contributed by atoms with E-state index < -0.39 is 0 Å².